The number of hydrogen-bond acceptors (Lipinski definition) is 8. The number of fused-ring (bicyclic) bond motifs is 1. The average Bonchev–Trinajstić information content (AvgIpc) is 3.54. The third kappa shape index (κ3) is 5.05. The first-order valence-electron chi connectivity index (χ1n) is 11.5. The van der Waals surface area contributed by atoms with E-state index in [-0.39, 0.29) is 12.1 Å². The van der Waals surface area contributed by atoms with E-state index in [9.17, 15) is 13.2 Å². The Hall–Kier alpha value is -2.57. The van der Waals surface area contributed by atoms with Gasteiger partial charge in [0.2, 0.25) is 5.82 Å². The largest absolute Gasteiger partial charge is 0.440 e. The van der Waals surface area contributed by atoms with Crippen LogP contribution in [0.3, 0.4) is 0 Å². The van der Waals surface area contributed by atoms with Crippen LogP contribution in [0.25, 0.3) is 11.6 Å². The van der Waals surface area contributed by atoms with Crippen LogP contribution < -0.4 is 4.90 Å². The number of rotatable bonds is 7. The summed E-state index contributed by atoms with van der Waals surface area (Å²) >= 11 is 1.65. The maximum atomic E-state index is 12.9. The molecule has 2 atom stereocenters. The number of aromatic nitrogens is 4. The lowest BCUT2D eigenvalue weighted by molar-refractivity contribution is -0.137. The second kappa shape index (κ2) is 9.82. The molecule has 4 heterocycles. The van der Waals surface area contributed by atoms with E-state index in [2.05, 4.69) is 25.0 Å². The fraction of sp³-hybridized carbons (Fsp3) is 0.522. The van der Waals surface area contributed by atoms with Gasteiger partial charge in [-0.15, -0.1) is 10.2 Å². The molecule has 8 nitrogen and oxygen atoms in total. The third-order valence-electron chi connectivity index (χ3n) is 6.54. The SMILES string of the molecule is Cc1ncoc1-c1nnc(SCCCN2CC3OCCN(c4ccc(C(F)(F)F)cc4)C3C2)n1C. The Morgan fingerprint density at radius 3 is 2.66 bits per heavy atom. The molecule has 0 amide bonds. The van der Waals surface area contributed by atoms with Gasteiger partial charge in [0.05, 0.1) is 30.0 Å². The monoisotopic (exact) mass is 508 g/mol. The van der Waals surface area contributed by atoms with Crippen molar-refractivity contribution in [2.75, 3.05) is 43.4 Å². The first-order valence-corrected chi connectivity index (χ1v) is 12.5. The molecular formula is C23H27F3N6O2S. The maximum absolute atomic E-state index is 12.9. The van der Waals surface area contributed by atoms with E-state index in [4.69, 9.17) is 9.15 Å². The van der Waals surface area contributed by atoms with Gasteiger partial charge in [-0.25, -0.2) is 4.98 Å². The molecule has 2 aromatic heterocycles. The molecule has 35 heavy (non-hydrogen) atoms. The molecule has 2 saturated heterocycles. The van der Waals surface area contributed by atoms with Crippen LogP contribution in [0.5, 0.6) is 0 Å². The van der Waals surface area contributed by atoms with Crippen molar-refractivity contribution in [2.24, 2.45) is 7.05 Å². The third-order valence-corrected chi connectivity index (χ3v) is 7.64. The average molecular weight is 509 g/mol. The predicted molar refractivity (Wildman–Crippen MR) is 125 cm³/mol. The fourth-order valence-electron chi connectivity index (χ4n) is 4.72. The Kier molecular flexibility index (Phi) is 6.78. The van der Waals surface area contributed by atoms with Crippen LogP contribution in [0.4, 0.5) is 18.9 Å². The highest BCUT2D eigenvalue weighted by atomic mass is 32.2. The summed E-state index contributed by atoms with van der Waals surface area (Å²) in [5, 5.41) is 9.35. The van der Waals surface area contributed by atoms with Gasteiger partial charge < -0.3 is 18.6 Å². The number of morpholine rings is 1. The molecule has 12 heteroatoms. The number of oxazole rings is 1. The van der Waals surface area contributed by atoms with Crippen LogP contribution in [-0.4, -0.2) is 75.3 Å². The van der Waals surface area contributed by atoms with E-state index in [1.54, 1.807) is 23.9 Å². The number of hydrogen-bond donors (Lipinski definition) is 0. The van der Waals surface area contributed by atoms with Gasteiger partial charge in [-0.1, -0.05) is 11.8 Å². The van der Waals surface area contributed by atoms with Gasteiger partial charge in [0.25, 0.3) is 0 Å². The normalized spacial score (nSPS) is 21.0. The van der Waals surface area contributed by atoms with Gasteiger partial charge in [0, 0.05) is 38.1 Å². The summed E-state index contributed by atoms with van der Waals surface area (Å²) in [6.45, 7) is 5.69. The first-order chi connectivity index (χ1) is 16.8. The minimum atomic E-state index is -4.32. The van der Waals surface area contributed by atoms with Gasteiger partial charge in [-0.3, -0.25) is 4.90 Å². The van der Waals surface area contributed by atoms with Gasteiger partial charge in [-0.05, 0) is 44.2 Å². The number of anilines is 1. The molecule has 2 aliphatic rings. The molecular weight excluding hydrogens is 481 g/mol. The molecule has 5 rings (SSSR count). The molecule has 2 fully saturated rings. The number of halogens is 3. The summed E-state index contributed by atoms with van der Waals surface area (Å²) in [6.07, 6.45) is -1.89. The van der Waals surface area contributed by atoms with Crippen LogP contribution in [0.2, 0.25) is 0 Å². The van der Waals surface area contributed by atoms with Crippen molar-refractivity contribution in [3.05, 3.63) is 41.9 Å². The molecule has 0 bridgehead atoms. The Morgan fingerprint density at radius 2 is 1.94 bits per heavy atom. The lowest BCUT2D eigenvalue weighted by atomic mass is 10.1. The van der Waals surface area contributed by atoms with Crippen molar-refractivity contribution < 1.29 is 22.3 Å². The van der Waals surface area contributed by atoms with Crippen molar-refractivity contribution in [3.63, 3.8) is 0 Å². The molecule has 3 aromatic rings. The van der Waals surface area contributed by atoms with Gasteiger partial charge in [0.15, 0.2) is 17.3 Å². The highest BCUT2D eigenvalue weighted by Gasteiger charge is 2.40. The van der Waals surface area contributed by atoms with Gasteiger partial charge in [0.1, 0.15) is 0 Å². The molecule has 0 spiro atoms. The zero-order valence-corrected chi connectivity index (χ0v) is 20.3. The van der Waals surface area contributed by atoms with E-state index in [1.807, 2.05) is 18.5 Å². The van der Waals surface area contributed by atoms with Crippen LogP contribution in [-0.2, 0) is 18.0 Å². The van der Waals surface area contributed by atoms with Crippen molar-refractivity contribution >= 4 is 17.4 Å². The van der Waals surface area contributed by atoms with Crippen LogP contribution in [0.1, 0.15) is 17.7 Å². The molecule has 2 aliphatic heterocycles. The topological polar surface area (TPSA) is 72.4 Å². The van der Waals surface area contributed by atoms with E-state index in [0.29, 0.717) is 24.7 Å². The summed E-state index contributed by atoms with van der Waals surface area (Å²) in [5.74, 6) is 2.17. The fourth-order valence-corrected chi connectivity index (χ4v) is 5.55. The number of aryl methyl sites for hydroxylation is 1. The summed E-state index contributed by atoms with van der Waals surface area (Å²) in [7, 11) is 1.91. The second-order valence-electron chi connectivity index (χ2n) is 8.81. The lowest BCUT2D eigenvalue weighted by Gasteiger charge is -2.38. The zero-order chi connectivity index (χ0) is 24.6. The van der Waals surface area contributed by atoms with E-state index in [0.717, 1.165) is 60.5 Å². The number of ether oxygens (including phenoxy) is 1. The minimum absolute atomic E-state index is 0.0603. The Morgan fingerprint density at radius 1 is 1.14 bits per heavy atom. The predicted octanol–water partition coefficient (Wildman–Crippen LogP) is 3.87. The molecule has 2 unspecified atom stereocenters. The van der Waals surface area contributed by atoms with Gasteiger partial charge >= 0.3 is 6.18 Å². The Balaban J connectivity index is 1.14. The van der Waals surface area contributed by atoms with Crippen molar-refractivity contribution in [1.82, 2.24) is 24.6 Å². The molecule has 0 radical (unpaired) electrons. The number of benzene rings is 1. The van der Waals surface area contributed by atoms with Gasteiger partial charge in [-0.2, -0.15) is 13.2 Å². The maximum Gasteiger partial charge on any atom is 0.416 e. The van der Waals surface area contributed by atoms with Crippen molar-refractivity contribution in [3.8, 4) is 11.6 Å². The smallest absolute Gasteiger partial charge is 0.416 e. The van der Waals surface area contributed by atoms with E-state index in [1.165, 1.54) is 6.39 Å². The highest BCUT2D eigenvalue weighted by Crippen LogP contribution is 2.33. The number of thioether (sulfide) groups is 1. The minimum Gasteiger partial charge on any atom is -0.440 e. The molecule has 0 saturated carbocycles. The summed E-state index contributed by atoms with van der Waals surface area (Å²) in [5.41, 5.74) is 0.969. The van der Waals surface area contributed by atoms with Crippen LogP contribution in [0.15, 0.2) is 40.2 Å². The number of alkyl halides is 3. The standard InChI is InChI=1S/C23H27F3N6O2S/c1-15-20(34-14-27-15)21-28-29-22(30(21)2)35-11-3-8-31-12-18-19(13-31)33-10-9-32(18)17-6-4-16(5-7-17)23(24,25)26/h4-7,14,18-19H,3,8-13H2,1-2H3. The van der Waals surface area contributed by atoms with Crippen molar-refractivity contribution in [1.29, 1.82) is 0 Å². The van der Waals surface area contributed by atoms with Crippen molar-refractivity contribution in [2.45, 2.75) is 36.8 Å². The Labute approximate surface area is 205 Å². The second-order valence-corrected chi connectivity index (χ2v) is 9.87. The molecule has 0 aliphatic carbocycles. The molecule has 188 valence electrons. The lowest BCUT2D eigenvalue weighted by Crippen LogP contribution is -2.51. The van der Waals surface area contributed by atoms with Crippen LogP contribution in [0, 0.1) is 6.92 Å². The Bertz CT molecular complexity index is 1150. The van der Waals surface area contributed by atoms with Crippen LogP contribution >= 0.6 is 11.8 Å². The van der Waals surface area contributed by atoms with E-state index < -0.39 is 11.7 Å². The first kappa shape index (κ1) is 24.1. The molecule has 1 aromatic carbocycles. The number of likely N-dealkylation sites (tertiary alicyclic amines) is 1. The summed E-state index contributed by atoms with van der Waals surface area (Å²) in [4.78, 5) is 8.68. The van der Waals surface area contributed by atoms with E-state index >= 15 is 0 Å². The highest BCUT2D eigenvalue weighted by molar-refractivity contribution is 7.99. The quantitative estimate of drug-likeness (QED) is 0.352. The molecule has 0 N–H and O–H groups in total. The summed E-state index contributed by atoms with van der Waals surface area (Å²) in [6, 6.07) is 5.59. The summed E-state index contributed by atoms with van der Waals surface area (Å²) < 4.78 is 52.1. The zero-order valence-electron chi connectivity index (χ0n) is 19.5. The number of nitrogens with zero attached hydrogens (tertiary/aromatic N) is 6.